The van der Waals surface area contributed by atoms with Gasteiger partial charge in [0, 0.05) is 5.56 Å². The van der Waals surface area contributed by atoms with Crippen molar-refractivity contribution in [2.45, 2.75) is 76.0 Å². The summed E-state index contributed by atoms with van der Waals surface area (Å²) in [5.41, 5.74) is 1.12. The van der Waals surface area contributed by atoms with Crippen LogP contribution in [-0.4, -0.2) is 0 Å². The van der Waals surface area contributed by atoms with E-state index in [1.807, 2.05) is 0 Å². The average molecular weight is 436 g/mol. The van der Waals surface area contributed by atoms with Crippen LogP contribution >= 0.6 is 31.9 Å². The van der Waals surface area contributed by atoms with Gasteiger partial charge in [-0.25, -0.2) is 8.78 Å². The van der Waals surface area contributed by atoms with Crippen molar-refractivity contribution in [1.82, 2.24) is 0 Å². The molecule has 4 heteroatoms. The van der Waals surface area contributed by atoms with Crippen LogP contribution in [0.5, 0.6) is 0 Å². The molecule has 2 saturated carbocycles. The lowest BCUT2D eigenvalue weighted by atomic mass is 9.80. The summed E-state index contributed by atoms with van der Waals surface area (Å²) in [5, 5.41) is 0. The fraction of sp³-hybridized carbons (Fsp3) is 0.667. The lowest BCUT2D eigenvalue weighted by molar-refractivity contribution is 0.404. The summed E-state index contributed by atoms with van der Waals surface area (Å²) in [6.07, 6.45) is 10.7. The van der Waals surface area contributed by atoms with Crippen molar-refractivity contribution in [2.24, 2.45) is 0 Å². The second-order valence-corrected chi connectivity index (χ2v) is 8.34. The molecule has 1 aromatic rings. The molecule has 0 aromatic heterocycles. The zero-order valence-corrected chi connectivity index (χ0v) is 15.9. The van der Waals surface area contributed by atoms with Gasteiger partial charge in [0.2, 0.25) is 0 Å². The Morgan fingerprint density at radius 2 is 0.955 bits per heavy atom. The highest BCUT2D eigenvalue weighted by Crippen LogP contribution is 2.46. The molecule has 0 N–H and O–H groups in total. The summed E-state index contributed by atoms with van der Waals surface area (Å²) in [4.78, 5) is 0. The van der Waals surface area contributed by atoms with E-state index >= 15 is 0 Å². The van der Waals surface area contributed by atoms with E-state index in [1.165, 1.54) is 12.8 Å². The summed E-state index contributed by atoms with van der Waals surface area (Å²) in [7, 11) is 0. The predicted octanol–water partition coefficient (Wildman–Crippen LogP) is 7.59. The average Bonchev–Trinajstić information content (AvgIpc) is 2.55. The van der Waals surface area contributed by atoms with E-state index in [0.717, 1.165) is 56.9 Å². The molecular formula is C18H22Br2F2. The quantitative estimate of drug-likeness (QED) is 0.419. The van der Waals surface area contributed by atoms with Gasteiger partial charge in [-0.15, -0.1) is 0 Å². The van der Waals surface area contributed by atoms with Gasteiger partial charge in [0.15, 0.2) is 0 Å². The topological polar surface area (TPSA) is 0 Å². The highest BCUT2D eigenvalue weighted by molar-refractivity contribution is 9.11. The zero-order valence-electron chi connectivity index (χ0n) is 12.7. The van der Waals surface area contributed by atoms with E-state index in [0.29, 0.717) is 14.5 Å². The number of rotatable bonds is 2. The summed E-state index contributed by atoms with van der Waals surface area (Å²) in [6, 6.07) is 0. The Balaban J connectivity index is 2.03. The number of benzene rings is 1. The zero-order chi connectivity index (χ0) is 15.7. The van der Waals surface area contributed by atoms with Gasteiger partial charge in [-0.05, 0) is 74.9 Å². The van der Waals surface area contributed by atoms with Crippen molar-refractivity contribution < 1.29 is 8.78 Å². The van der Waals surface area contributed by atoms with Crippen LogP contribution in [0, 0.1) is 11.6 Å². The molecule has 0 heterocycles. The molecule has 2 fully saturated rings. The lowest BCUT2D eigenvalue weighted by Gasteiger charge is -2.28. The molecule has 0 unspecified atom stereocenters. The predicted molar refractivity (Wildman–Crippen MR) is 93.4 cm³/mol. The van der Waals surface area contributed by atoms with Crippen molar-refractivity contribution in [1.29, 1.82) is 0 Å². The van der Waals surface area contributed by atoms with E-state index in [2.05, 4.69) is 31.9 Å². The summed E-state index contributed by atoms with van der Waals surface area (Å²) >= 11 is 6.89. The molecular weight excluding hydrogens is 414 g/mol. The van der Waals surface area contributed by atoms with Gasteiger partial charge in [-0.3, -0.25) is 0 Å². The molecule has 0 nitrogen and oxygen atoms in total. The Morgan fingerprint density at radius 3 is 1.36 bits per heavy atom. The third-order valence-corrected chi connectivity index (χ3v) is 6.91. The molecule has 0 atom stereocenters. The first kappa shape index (κ1) is 16.9. The molecule has 3 rings (SSSR count). The van der Waals surface area contributed by atoms with Crippen molar-refractivity contribution >= 4 is 31.9 Å². The fourth-order valence-corrected chi connectivity index (χ4v) is 5.90. The van der Waals surface area contributed by atoms with Crippen molar-refractivity contribution in [3.63, 3.8) is 0 Å². The van der Waals surface area contributed by atoms with Gasteiger partial charge in [-0.2, -0.15) is 0 Å². The Bertz CT molecular complexity index is 467. The van der Waals surface area contributed by atoms with Crippen LogP contribution < -0.4 is 0 Å². The highest BCUT2D eigenvalue weighted by Gasteiger charge is 2.31. The van der Waals surface area contributed by atoms with Gasteiger partial charge in [0.25, 0.3) is 0 Å². The van der Waals surface area contributed by atoms with Crippen LogP contribution in [0.15, 0.2) is 8.95 Å². The van der Waals surface area contributed by atoms with E-state index in [-0.39, 0.29) is 23.5 Å². The molecule has 2 aliphatic carbocycles. The Kier molecular flexibility index (Phi) is 5.60. The molecule has 0 bridgehead atoms. The Morgan fingerprint density at radius 1 is 0.591 bits per heavy atom. The molecule has 122 valence electrons. The van der Waals surface area contributed by atoms with Crippen LogP contribution in [0.2, 0.25) is 0 Å². The minimum Gasteiger partial charge on any atom is -0.205 e. The highest BCUT2D eigenvalue weighted by atomic mass is 79.9. The molecule has 0 amide bonds. The van der Waals surface area contributed by atoms with Crippen LogP contribution in [-0.2, 0) is 0 Å². The molecule has 0 radical (unpaired) electrons. The van der Waals surface area contributed by atoms with Gasteiger partial charge in [0.1, 0.15) is 11.6 Å². The summed E-state index contributed by atoms with van der Waals surface area (Å²) in [5.74, 6) is -0.412. The maximum Gasteiger partial charge on any atom is 0.144 e. The first-order chi connectivity index (χ1) is 10.6. The molecule has 0 spiro atoms. The normalized spacial score (nSPS) is 21.3. The smallest absolute Gasteiger partial charge is 0.144 e. The largest absolute Gasteiger partial charge is 0.205 e. The second kappa shape index (κ2) is 7.29. The van der Waals surface area contributed by atoms with Gasteiger partial charge in [-0.1, -0.05) is 38.5 Å². The molecule has 0 aliphatic heterocycles. The third kappa shape index (κ3) is 3.15. The Labute approximate surface area is 148 Å². The van der Waals surface area contributed by atoms with Crippen molar-refractivity contribution in [3.05, 3.63) is 31.7 Å². The lowest BCUT2D eigenvalue weighted by Crippen LogP contribution is -2.14. The van der Waals surface area contributed by atoms with E-state index in [9.17, 15) is 8.78 Å². The number of hydrogen-bond acceptors (Lipinski definition) is 0. The van der Waals surface area contributed by atoms with E-state index in [4.69, 9.17) is 0 Å². The van der Waals surface area contributed by atoms with Crippen LogP contribution in [0.4, 0.5) is 8.78 Å². The summed E-state index contributed by atoms with van der Waals surface area (Å²) in [6.45, 7) is 0. The minimum atomic E-state index is -0.354. The van der Waals surface area contributed by atoms with Crippen molar-refractivity contribution in [3.8, 4) is 0 Å². The van der Waals surface area contributed by atoms with Crippen LogP contribution in [0.25, 0.3) is 0 Å². The van der Waals surface area contributed by atoms with E-state index < -0.39 is 0 Å². The van der Waals surface area contributed by atoms with Crippen molar-refractivity contribution in [2.75, 3.05) is 0 Å². The number of halogens is 4. The molecule has 2 aliphatic rings. The van der Waals surface area contributed by atoms with E-state index in [1.54, 1.807) is 0 Å². The van der Waals surface area contributed by atoms with Crippen LogP contribution in [0.1, 0.15) is 87.2 Å². The van der Waals surface area contributed by atoms with Gasteiger partial charge in [0.05, 0.1) is 8.95 Å². The van der Waals surface area contributed by atoms with Crippen LogP contribution in [0.3, 0.4) is 0 Å². The van der Waals surface area contributed by atoms with Gasteiger partial charge < -0.3 is 0 Å². The first-order valence-electron chi connectivity index (χ1n) is 8.47. The SMILES string of the molecule is Fc1c(Br)c(C2CCCCC2)c(Br)c(F)c1C1CCCCC1. The van der Waals surface area contributed by atoms with Gasteiger partial charge >= 0.3 is 0 Å². The first-order valence-corrected chi connectivity index (χ1v) is 10.1. The standard InChI is InChI=1S/C18H22Br2F2/c19-15-13(11-7-3-1-4-8-11)16(20)18(22)14(17(15)21)12-9-5-2-6-10-12/h11-12H,1-10H2. The maximum absolute atomic E-state index is 14.9. The summed E-state index contributed by atoms with van der Waals surface area (Å²) < 4.78 is 30.9. The molecule has 1 aromatic carbocycles. The maximum atomic E-state index is 14.9. The monoisotopic (exact) mass is 434 g/mol. The number of hydrogen-bond donors (Lipinski definition) is 0. The minimum absolute atomic E-state index is 0.0294. The molecule has 0 saturated heterocycles. The fourth-order valence-electron chi connectivity index (χ4n) is 4.17. The third-order valence-electron chi connectivity index (χ3n) is 5.36. The second-order valence-electron chi connectivity index (χ2n) is 6.75. The Hall–Kier alpha value is 0.0400. The molecule has 22 heavy (non-hydrogen) atoms.